The molecule has 120 valence electrons. The summed E-state index contributed by atoms with van der Waals surface area (Å²) in [6.45, 7) is 3.01. The molecule has 3 heteroatoms. The molecule has 23 heavy (non-hydrogen) atoms. The van der Waals surface area contributed by atoms with E-state index in [0.717, 1.165) is 18.8 Å². The van der Waals surface area contributed by atoms with Gasteiger partial charge in [-0.1, -0.05) is 29.8 Å². The van der Waals surface area contributed by atoms with Gasteiger partial charge in [0, 0.05) is 23.8 Å². The minimum Gasteiger partial charge on any atom is -0.497 e. The van der Waals surface area contributed by atoms with Crippen LogP contribution >= 0.6 is 0 Å². The summed E-state index contributed by atoms with van der Waals surface area (Å²) < 4.78 is 11.5. The number of hydrogen-bond donors (Lipinski definition) is 1. The fourth-order valence-corrected chi connectivity index (χ4v) is 3.93. The molecule has 2 aromatic rings. The summed E-state index contributed by atoms with van der Waals surface area (Å²) in [6.07, 6.45) is 2.53. The molecule has 0 unspecified atom stereocenters. The first-order chi connectivity index (χ1) is 11.3. The molecule has 0 spiro atoms. The lowest BCUT2D eigenvalue weighted by Crippen LogP contribution is -2.36. The summed E-state index contributed by atoms with van der Waals surface area (Å²) in [5.41, 5.74) is 5.12. The second kappa shape index (κ2) is 5.89. The quantitative estimate of drug-likeness (QED) is 0.876. The van der Waals surface area contributed by atoms with Crippen molar-refractivity contribution in [1.29, 1.82) is 0 Å². The van der Waals surface area contributed by atoms with Gasteiger partial charge >= 0.3 is 0 Å². The average molecular weight is 309 g/mol. The molecule has 0 aromatic heterocycles. The van der Waals surface area contributed by atoms with E-state index < -0.39 is 0 Å². The normalized spacial score (nSPS) is 25.9. The van der Waals surface area contributed by atoms with Crippen molar-refractivity contribution in [2.24, 2.45) is 5.92 Å². The van der Waals surface area contributed by atoms with Crippen molar-refractivity contribution >= 4 is 5.69 Å². The SMILES string of the molecule is COc1ccc([C@@H]2Nc3ccc(C)cc3[C@H]3OCCC[C@H]32)cc1. The summed E-state index contributed by atoms with van der Waals surface area (Å²) in [5, 5.41) is 3.76. The van der Waals surface area contributed by atoms with Crippen molar-refractivity contribution < 1.29 is 9.47 Å². The topological polar surface area (TPSA) is 30.5 Å². The van der Waals surface area contributed by atoms with Crippen LogP contribution < -0.4 is 10.1 Å². The summed E-state index contributed by atoms with van der Waals surface area (Å²) in [6, 6.07) is 15.3. The Bertz CT molecular complexity index is 695. The van der Waals surface area contributed by atoms with E-state index >= 15 is 0 Å². The van der Waals surface area contributed by atoms with Crippen LogP contribution in [-0.4, -0.2) is 13.7 Å². The molecule has 0 saturated carbocycles. The number of methoxy groups -OCH3 is 1. The molecule has 2 aliphatic rings. The molecule has 0 aliphatic carbocycles. The van der Waals surface area contributed by atoms with E-state index in [1.54, 1.807) is 7.11 Å². The van der Waals surface area contributed by atoms with E-state index in [9.17, 15) is 0 Å². The van der Waals surface area contributed by atoms with E-state index in [0.29, 0.717) is 12.0 Å². The lowest BCUT2D eigenvalue weighted by atomic mass is 9.77. The maximum Gasteiger partial charge on any atom is 0.118 e. The number of hydrogen-bond acceptors (Lipinski definition) is 3. The third kappa shape index (κ3) is 2.59. The van der Waals surface area contributed by atoms with Gasteiger partial charge in [-0.15, -0.1) is 0 Å². The van der Waals surface area contributed by atoms with Crippen LogP contribution in [0.1, 0.15) is 41.7 Å². The number of fused-ring (bicyclic) bond motifs is 3. The van der Waals surface area contributed by atoms with Crippen LogP contribution in [0.15, 0.2) is 42.5 Å². The lowest BCUT2D eigenvalue weighted by Gasteiger charge is -2.43. The third-order valence-corrected chi connectivity index (χ3v) is 5.10. The Morgan fingerprint density at radius 1 is 1.13 bits per heavy atom. The molecule has 3 nitrogen and oxygen atoms in total. The van der Waals surface area contributed by atoms with Gasteiger partial charge in [0.15, 0.2) is 0 Å². The van der Waals surface area contributed by atoms with Crippen LogP contribution in [0, 0.1) is 12.8 Å². The van der Waals surface area contributed by atoms with E-state index in [1.165, 1.54) is 28.8 Å². The fourth-order valence-electron chi connectivity index (χ4n) is 3.93. The Morgan fingerprint density at radius 2 is 1.96 bits per heavy atom. The molecule has 1 N–H and O–H groups in total. The summed E-state index contributed by atoms with van der Waals surface area (Å²) in [4.78, 5) is 0. The molecule has 1 saturated heterocycles. The Kier molecular flexibility index (Phi) is 3.74. The standard InChI is InChI=1S/C20H23NO2/c1-13-5-10-18-17(12-13)20-16(4-3-11-23-20)19(21-18)14-6-8-15(22-2)9-7-14/h5-10,12,16,19-21H,3-4,11H2,1-2H3/t16-,19-,20-/m0/s1. The minimum absolute atomic E-state index is 0.201. The lowest BCUT2D eigenvalue weighted by molar-refractivity contribution is -0.0381. The van der Waals surface area contributed by atoms with E-state index in [-0.39, 0.29) is 6.10 Å². The molecular formula is C20H23NO2. The van der Waals surface area contributed by atoms with Crippen molar-refractivity contribution in [2.45, 2.75) is 31.9 Å². The van der Waals surface area contributed by atoms with Crippen molar-refractivity contribution in [1.82, 2.24) is 0 Å². The molecular weight excluding hydrogens is 286 g/mol. The highest BCUT2D eigenvalue weighted by Gasteiger charge is 2.39. The molecule has 3 atom stereocenters. The number of ether oxygens (including phenoxy) is 2. The second-order valence-corrected chi connectivity index (χ2v) is 6.58. The van der Waals surface area contributed by atoms with Crippen LogP contribution in [0.3, 0.4) is 0 Å². The highest BCUT2D eigenvalue weighted by Crippen LogP contribution is 2.49. The molecule has 2 aromatic carbocycles. The summed E-state index contributed by atoms with van der Waals surface area (Å²) in [5.74, 6) is 1.38. The van der Waals surface area contributed by atoms with Gasteiger partial charge in [0.2, 0.25) is 0 Å². The number of rotatable bonds is 2. The number of aryl methyl sites for hydroxylation is 1. The molecule has 0 amide bonds. The molecule has 1 fully saturated rings. The van der Waals surface area contributed by atoms with Crippen LogP contribution in [0.5, 0.6) is 5.75 Å². The molecule has 0 bridgehead atoms. The first-order valence-electron chi connectivity index (χ1n) is 8.39. The van der Waals surface area contributed by atoms with Gasteiger partial charge in [-0.2, -0.15) is 0 Å². The maximum atomic E-state index is 6.20. The highest BCUT2D eigenvalue weighted by molar-refractivity contribution is 5.58. The minimum atomic E-state index is 0.201. The maximum absolute atomic E-state index is 6.20. The van der Waals surface area contributed by atoms with Gasteiger partial charge in [0.25, 0.3) is 0 Å². The van der Waals surface area contributed by atoms with Gasteiger partial charge in [-0.25, -0.2) is 0 Å². The Balaban J connectivity index is 1.73. The Morgan fingerprint density at radius 3 is 2.74 bits per heavy atom. The van der Waals surface area contributed by atoms with E-state index in [1.807, 2.05) is 12.1 Å². The van der Waals surface area contributed by atoms with Gasteiger partial charge in [-0.3, -0.25) is 0 Å². The first kappa shape index (κ1) is 14.6. The van der Waals surface area contributed by atoms with E-state index in [4.69, 9.17) is 9.47 Å². The largest absolute Gasteiger partial charge is 0.497 e. The zero-order valence-corrected chi connectivity index (χ0v) is 13.7. The van der Waals surface area contributed by atoms with Crippen LogP contribution in [0.25, 0.3) is 0 Å². The molecule has 0 radical (unpaired) electrons. The third-order valence-electron chi connectivity index (χ3n) is 5.10. The molecule has 2 aliphatic heterocycles. The monoisotopic (exact) mass is 309 g/mol. The van der Waals surface area contributed by atoms with Gasteiger partial charge in [0.1, 0.15) is 5.75 Å². The van der Waals surface area contributed by atoms with Crippen LogP contribution in [0.2, 0.25) is 0 Å². The van der Waals surface area contributed by atoms with Crippen molar-refractivity contribution in [3.8, 4) is 5.75 Å². The van der Waals surface area contributed by atoms with Crippen LogP contribution in [-0.2, 0) is 4.74 Å². The smallest absolute Gasteiger partial charge is 0.118 e. The number of benzene rings is 2. The molecule has 2 heterocycles. The second-order valence-electron chi connectivity index (χ2n) is 6.58. The van der Waals surface area contributed by atoms with Crippen molar-refractivity contribution in [3.63, 3.8) is 0 Å². The van der Waals surface area contributed by atoms with Gasteiger partial charge in [-0.05, 0) is 43.5 Å². The Hall–Kier alpha value is -2.00. The van der Waals surface area contributed by atoms with Gasteiger partial charge < -0.3 is 14.8 Å². The fraction of sp³-hybridized carbons (Fsp3) is 0.400. The number of nitrogens with one attached hydrogen (secondary N) is 1. The van der Waals surface area contributed by atoms with Gasteiger partial charge in [0.05, 0.1) is 19.3 Å². The predicted molar refractivity (Wildman–Crippen MR) is 92.0 cm³/mol. The first-order valence-corrected chi connectivity index (χ1v) is 8.39. The predicted octanol–water partition coefficient (Wildman–Crippen LogP) is 4.64. The average Bonchev–Trinajstić information content (AvgIpc) is 2.61. The zero-order valence-electron chi connectivity index (χ0n) is 13.7. The van der Waals surface area contributed by atoms with Crippen LogP contribution in [0.4, 0.5) is 5.69 Å². The van der Waals surface area contributed by atoms with Crippen molar-refractivity contribution in [2.75, 3.05) is 19.0 Å². The van der Waals surface area contributed by atoms with Crippen molar-refractivity contribution in [3.05, 3.63) is 59.2 Å². The highest BCUT2D eigenvalue weighted by atomic mass is 16.5. The van der Waals surface area contributed by atoms with E-state index in [2.05, 4.69) is 42.6 Å². The Labute approximate surface area is 137 Å². The zero-order chi connectivity index (χ0) is 15.8. The summed E-state index contributed by atoms with van der Waals surface area (Å²) in [7, 11) is 1.71. The number of anilines is 1. The summed E-state index contributed by atoms with van der Waals surface area (Å²) >= 11 is 0. The molecule has 4 rings (SSSR count).